The van der Waals surface area contributed by atoms with Gasteiger partial charge in [-0.1, -0.05) is 0 Å². The highest BCUT2D eigenvalue weighted by molar-refractivity contribution is 14.0. The molecule has 9 heteroatoms. The number of aromatic nitrogens is 1. The second-order valence-electron chi connectivity index (χ2n) is 8.58. The Balaban J connectivity index is 0.00000341. The van der Waals surface area contributed by atoms with Crippen LogP contribution in [-0.2, 0) is 11.3 Å². The number of nitrogens with one attached hydrogen (secondary N) is 2. The van der Waals surface area contributed by atoms with Gasteiger partial charge in [-0.2, -0.15) is 0 Å². The highest BCUT2D eigenvalue weighted by atomic mass is 127. The standard InChI is InChI=1S/C22H38N6OS.HI/c1-4-24-22(28-11-7-18(8-12-28)13-21(29)23-3)25-14-19-5-9-27(10-6-19)15-20-16-30-17(2)26-20;/h16,18-19H,4-15H2,1-3H3,(H,23,29)(H,24,25);1H. The molecule has 0 aromatic carbocycles. The van der Waals surface area contributed by atoms with Gasteiger partial charge in [0.15, 0.2) is 5.96 Å². The van der Waals surface area contributed by atoms with Crippen LogP contribution in [-0.4, -0.2) is 73.0 Å². The molecule has 0 unspecified atom stereocenters. The zero-order valence-electron chi connectivity index (χ0n) is 19.2. The van der Waals surface area contributed by atoms with Crippen molar-refractivity contribution in [3.8, 4) is 0 Å². The summed E-state index contributed by atoms with van der Waals surface area (Å²) < 4.78 is 0. The van der Waals surface area contributed by atoms with Crippen molar-refractivity contribution < 1.29 is 4.79 Å². The maximum Gasteiger partial charge on any atom is 0.220 e. The number of aliphatic imine (C=N–C) groups is 1. The number of hydrogen-bond donors (Lipinski definition) is 2. The van der Waals surface area contributed by atoms with Crippen molar-refractivity contribution in [3.63, 3.8) is 0 Å². The quantitative estimate of drug-likeness (QED) is 0.304. The number of hydrogen-bond acceptors (Lipinski definition) is 5. The molecule has 0 spiro atoms. The van der Waals surface area contributed by atoms with Crippen LogP contribution in [0.3, 0.4) is 0 Å². The largest absolute Gasteiger partial charge is 0.359 e. The van der Waals surface area contributed by atoms with Crippen LogP contribution in [0, 0.1) is 18.8 Å². The number of carbonyl (C=O) groups excluding carboxylic acids is 1. The predicted molar refractivity (Wildman–Crippen MR) is 139 cm³/mol. The van der Waals surface area contributed by atoms with Gasteiger partial charge in [-0.05, 0) is 64.5 Å². The molecule has 0 atom stereocenters. The van der Waals surface area contributed by atoms with Gasteiger partial charge in [0, 0.05) is 51.6 Å². The van der Waals surface area contributed by atoms with E-state index in [2.05, 4.69) is 44.6 Å². The Bertz CT molecular complexity index is 696. The number of likely N-dealkylation sites (tertiary alicyclic amines) is 2. The predicted octanol–water partition coefficient (Wildman–Crippen LogP) is 3.10. The van der Waals surface area contributed by atoms with E-state index in [0.29, 0.717) is 18.3 Å². The molecule has 0 bridgehead atoms. The van der Waals surface area contributed by atoms with Gasteiger partial charge in [0.25, 0.3) is 0 Å². The molecule has 1 aromatic heterocycles. The lowest BCUT2D eigenvalue weighted by molar-refractivity contribution is -0.121. The zero-order chi connectivity index (χ0) is 21.3. The molecule has 7 nitrogen and oxygen atoms in total. The third-order valence-corrected chi connectivity index (χ3v) is 7.08. The van der Waals surface area contributed by atoms with Crippen molar-refractivity contribution in [2.45, 2.75) is 52.5 Å². The van der Waals surface area contributed by atoms with E-state index in [9.17, 15) is 4.79 Å². The molecule has 2 fully saturated rings. The minimum absolute atomic E-state index is 0. The summed E-state index contributed by atoms with van der Waals surface area (Å²) in [6.45, 7) is 11.2. The molecule has 3 heterocycles. The number of aryl methyl sites for hydroxylation is 1. The average Bonchev–Trinajstić information content (AvgIpc) is 3.17. The third-order valence-electron chi connectivity index (χ3n) is 6.26. The van der Waals surface area contributed by atoms with Crippen molar-refractivity contribution in [2.24, 2.45) is 16.8 Å². The average molecular weight is 563 g/mol. The Morgan fingerprint density at radius 2 is 1.87 bits per heavy atom. The van der Waals surface area contributed by atoms with E-state index >= 15 is 0 Å². The first-order valence-electron chi connectivity index (χ1n) is 11.4. The van der Waals surface area contributed by atoms with Crippen LogP contribution in [0.25, 0.3) is 0 Å². The van der Waals surface area contributed by atoms with E-state index < -0.39 is 0 Å². The van der Waals surface area contributed by atoms with Gasteiger partial charge >= 0.3 is 0 Å². The van der Waals surface area contributed by atoms with E-state index in [1.54, 1.807) is 18.4 Å². The van der Waals surface area contributed by atoms with Crippen LogP contribution < -0.4 is 10.6 Å². The zero-order valence-corrected chi connectivity index (χ0v) is 22.4. The molecule has 2 aliphatic rings. The number of rotatable bonds is 7. The van der Waals surface area contributed by atoms with Crippen LogP contribution in [0.15, 0.2) is 10.4 Å². The molecule has 3 rings (SSSR count). The Labute approximate surface area is 208 Å². The van der Waals surface area contributed by atoms with Crippen molar-refractivity contribution in [1.29, 1.82) is 0 Å². The van der Waals surface area contributed by atoms with Gasteiger partial charge in [0.05, 0.1) is 10.7 Å². The highest BCUT2D eigenvalue weighted by Gasteiger charge is 2.24. The van der Waals surface area contributed by atoms with Crippen LogP contribution in [0.2, 0.25) is 0 Å². The van der Waals surface area contributed by atoms with E-state index in [-0.39, 0.29) is 29.9 Å². The number of piperidine rings is 2. The summed E-state index contributed by atoms with van der Waals surface area (Å²) in [4.78, 5) is 26.1. The summed E-state index contributed by atoms with van der Waals surface area (Å²) in [6.07, 6.45) is 5.19. The Morgan fingerprint density at radius 3 is 2.45 bits per heavy atom. The smallest absolute Gasteiger partial charge is 0.220 e. The summed E-state index contributed by atoms with van der Waals surface area (Å²) >= 11 is 1.74. The number of nitrogens with zero attached hydrogens (tertiary/aromatic N) is 4. The van der Waals surface area contributed by atoms with E-state index in [1.165, 1.54) is 18.5 Å². The first-order valence-corrected chi connectivity index (χ1v) is 12.3. The van der Waals surface area contributed by atoms with Gasteiger partial charge < -0.3 is 15.5 Å². The van der Waals surface area contributed by atoms with Crippen LogP contribution >= 0.6 is 35.3 Å². The SMILES string of the molecule is CCNC(=NCC1CCN(Cc2csc(C)n2)CC1)N1CCC(CC(=O)NC)CC1.I. The van der Waals surface area contributed by atoms with Crippen molar-refractivity contribution >= 4 is 47.2 Å². The fraction of sp³-hybridized carbons (Fsp3) is 0.773. The molecule has 176 valence electrons. The third kappa shape index (κ3) is 8.49. The van der Waals surface area contributed by atoms with Crippen LogP contribution in [0.1, 0.15) is 49.7 Å². The lowest BCUT2D eigenvalue weighted by Crippen LogP contribution is -2.46. The maximum atomic E-state index is 11.6. The summed E-state index contributed by atoms with van der Waals surface area (Å²) in [5.74, 6) is 2.37. The van der Waals surface area contributed by atoms with E-state index in [1.807, 2.05) is 0 Å². The number of amides is 1. The lowest BCUT2D eigenvalue weighted by Gasteiger charge is -2.35. The van der Waals surface area contributed by atoms with Gasteiger partial charge in [0.1, 0.15) is 0 Å². The molecule has 31 heavy (non-hydrogen) atoms. The molecular weight excluding hydrogens is 523 g/mol. The van der Waals surface area contributed by atoms with E-state index in [0.717, 1.165) is 69.6 Å². The molecule has 0 saturated carbocycles. The first kappa shape index (κ1) is 26.3. The Morgan fingerprint density at radius 1 is 1.19 bits per heavy atom. The van der Waals surface area contributed by atoms with Gasteiger partial charge in [-0.3, -0.25) is 14.7 Å². The first-order chi connectivity index (χ1) is 14.6. The van der Waals surface area contributed by atoms with Gasteiger partial charge in [0.2, 0.25) is 5.91 Å². The number of halogens is 1. The Hall–Kier alpha value is -0.940. The minimum Gasteiger partial charge on any atom is -0.359 e. The molecular formula is C22H39IN6OS. The minimum atomic E-state index is 0. The van der Waals surface area contributed by atoms with Crippen LogP contribution in [0.5, 0.6) is 0 Å². The summed E-state index contributed by atoms with van der Waals surface area (Å²) in [5, 5.41) is 9.57. The van der Waals surface area contributed by atoms with Crippen molar-refractivity contribution in [3.05, 3.63) is 16.1 Å². The Kier molecular flexibility index (Phi) is 11.5. The molecule has 2 N–H and O–H groups in total. The van der Waals surface area contributed by atoms with Crippen molar-refractivity contribution in [2.75, 3.05) is 46.3 Å². The summed E-state index contributed by atoms with van der Waals surface area (Å²) in [5.41, 5.74) is 1.21. The molecule has 0 aliphatic carbocycles. The van der Waals surface area contributed by atoms with Crippen LogP contribution in [0.4, 0.5) is 0 Å². The van der Waals surface area contributed by atoms with Crippen molar-refractivity contribution in [1.82, 2.24) is 25.4 Å². The second kappa shape index (κ2) is 13.6. The molecule has 0 radical (unpaired) electrons. The lowest BCUT2D eigenvalue weighted by atomic mass is 9.93. The molecule has 1 aromatic rings. The number of guanidine groups is 1. The molecule has 1 amide bonds. The summed E-state index contributed by atoms with van der Waals surface area (Å²) in [7, 11) is 1.72. The fourth-order valence-electron chi connectivity index (χ4n) is 4.39. The normalized spacial score (nSPS) is 19.2. The monoisotopic (exact) mass is 562 g/mol. The fourth-order valence-corrected chi connectivity index (χ4v) is 5.00. The van der Waals surface area contributed by atoms with Gasteiger partial charge in [-0.15, -0.1) is 35.3 Å². The second-order valence-corrected chi connectivity index (χ2v) is 9.64. The molecule has 2 saturated heterocycles. The number of thiazole rings is 1. The maximum absolute atomic E-state index is 11.6. The van der Waals surface area contributed by atoms with Gasteiger partial charge in [-0.25, -0.2) is 4.98 Å². The van der Waals surface area contributed by atoms with E-state index in [4.69, 9.17) is 4.99 Å². The highest BCUT2D eigenvalue weighted by Crippen LogP contribution is 2.22. The number of carbonyl (C=O) groups is 1. The topological polar surface area (TPSA) is 72.9 Å². The molecule has 2 aliphatic heterocycles. The summed E-state index contributed by atoms with van der Waals surface area (Å²) in [6, 6.07) is 0.